The Morgan fingerprint density at radius 1 is 1.30 bits per heavy atom. The lowest BCUT2D eigenvalue weighted by Gasteiger charge is -2.29. The molecule has 33 heavy (non-hydrogen) atoms. The first-order chi connectivity index (χ1) is 15.6. The van der Waals surface area contributed by atoms with Crippen molar-refractivity contribution >= 4 is 32.7 Å². The molecule has 1 saturated carbocycles. The van der Waals surface area contributed by atoms with Crippen LogP contribution >= 0.6 is 11.6 Å². The topological polar surface area (TPSA) is 101 Å². The van der Waals surface area contributed by atoms with Gasteiger partial charge in [-0.2, -0.15) is 23.2 Å². The number of fused-ring (bicyclic) bond motifs is 1. The number of nitrogens with zero attached hydrogens (tertiary/aromatic N) is 4. The zero-order valence-electron chi connectivity index (χ0n) is 17.4. The maximum atomic E-state index is 13.0. The summed E-state index contributed by atoms with van der Waals surface area (Å²) in [6.45, 7) is 1.24. The van der Waals surface area contributed by atoms with Gasteiger partial charge in [0.25, 0.3) is 0 Å². The summed E-state index contributed by atoms with van der Waals surface area (Å²) in [5.74, 6) is 0. The SMILES string of the molecule is CC[C@H](NS(=O)(=O)c1ccc(-c2c(C#N)c3cc(Cl)cnc3n2C2CCC2)nc1)C(F)(F)F. The van der Waals surface area contributed by atoms with Crippen molar-refractivity contribution in [2.45, 2.75) is 55.8 Å². The molecule has 174 valence electrons. The number of sulfonamides is 1. The van der Waals surface area contributed by atoms with Crippen LogP contribution in [-0.4, -0.2) is 35.2 Å². The van der Waals surface area contributed by atoms with Gasteiger partial charge in [0.1, 0.15) is 22.7 Å². The van der Waals surface area contributed by atoms with Crippen molar-refractivity contribution in [3.63, 3.8) is 0 Å². The van der Waals surface area contributed by atoms with Gasteiger partial charge >= 0.3 is 6.18 Å². The lowest BCUT2D eigenvalue weighted by molar-refractivity contribution is -0.151. The Kier molecular flexibility index (Phi) is 6.11. The quantitative estimate of drug-likeness (QED) is 0.518. The van der Waals surface area contributed by atoms with Crippen LogP contribution in [0.25, 0.3) is 22.4 Å². The van der Waals surface area contributed by atoms with Gasteiger partial charge in [-0.25, -0.2) is 13.4 Å². The van der Waals surface area contributed by atoms with Crippen molar-refractivity contribution in [1.29, 1.82) is 5.26 Å². The monoisotopic (exact) mass is 497 g/mol. The number of alkyl halides is 3. The molecule has 0 unspecified atom stereocenters. The van der Waals surface area contributed by atoms with Gasteiger partial charge in [-0.1, -0.05) is 18.5 Å². The van der Waals surface area contributed by atoms with Gasteiger partial charge in [0.05, 0.1) is 22.0 Å². The average Bonchev–Trinajstić information content (AvgIpc) is 3.03. The highest BCUT2D eigenvalue weighted by atomic mass is 35.5. The van der Waals surface area contributed by atoms with E-state index in [2.05, 4.69) is 16.0 Å². The van der Waals surface area contributed by atoms with Gasteiger partial charge in [-0.05, 0) is 43.9 Å². The Bertz CT molecular complexity index is 1340. The standard InChI is InChI=1S/C21H19ClF3N5O2S/c1-2-18(21(23,24)25)29-33(31,32)14-6-7-17(27-11-14)19-16(9-26)15-8-12(22)10-28-20(15)30(19)13-4-3-5-13/h6-8,10-11,13,18,29H,2-5H2,1H3/t18-/m0/s1. The highest BCUT2D eigenvalue weighted by molar-refractivity contribution is 7.89. The van der Waals surface area contributed by atoms with Crippen LogP contribution in [-0.2, 0) is 10.0 Å². The Morgan fingerprint density at radius 2 is 2.03 bits per heavy atom. The summed E-state index contributed by atoms with van der Waals surface area (Å²) in [6, 6.07) is 4.27. The van der Waals surface area contributed by atoms with Crippen LogP contribution < -0.4 is 4.72 Å². The third-order valence-corrected chi connectivity index (χ3v) is 7.41. The van der Waals surface area contributed by atoms with Crippen molar-refractivity contribution in [1.82, 2.24) is 19.3 Å². The fourth-order valence-electron chi connectivity index (χ4n) is 3.84. The van der Waals surface area contributed by atoms with E-state index in [1.165, 1.54) is 25.3 Å². The molecular weight excluding hydrogens is 479 g/mol. The van der Waals surface area contributed by atoms with Crippen molar-refractivity contribution in [2.24, 2.45) is 0 Å². The fraction of sp³-hybridized carbons (Fsp3) is 0.381. The predicted octanol–water partition coefficient (Wildman–Crippen LogP) is 4.97. The molecule has 0 saturated heterocycles. The fourth-order valence-corrected chi connectivity index (χ4v) is 5.25. The van der Waals surface area contributed by atoms with E-state index < -0.39 is 33.6 Å². The Balaban J connectivity index is 1.78. The normalized spacial score (nSPS) is 15.9. The summed E-state index contributed by atoms with van der Waals surface area (Å²) < 4.78 is 67.7. The van der Waals surface area contributed by atoms with E-state index in [0.717, 1.165) is 25.5 Å². The smallest absolute Gasteiger partial charge is 0.320 e. The van der Waals surface area contributed by atoms with E-state index in [1.54, 1.807) is 10.8 Å². The number of hydrogen-bond acceptors (Lipinski definition) is 5. The maximum absolute atomic E-state index is 13.0. The molecule has 7 nitrogen and oxygen atoms in total. The summed E-state index contributed by atoms with van der Waals surface area (Å²) in [5.41, 5.74) is 1.67. The molecule has 1 aliphatic carbocycles. The van der Waals surface area contributed by atoms with Gasteiger partial charge < -0.3 is 4.57 Å². The van der Waals surface area contributed by atoms with Crippen molar-refractivity contribution in [2.75, 3.05) is 0 Å². The van der Waals surface area contributed by atoms with Crippen molar-refractivity contribution in [3.8, 4) is 17.5 Å². The third kappa shape index (κ3) is 4.30. The number of hydrogen-bond donors (Lipinski definition) is 1. The summed E-state index contributed by atoms with van der Waals surface area (Å²) in [4.78, 5) is 8.20. The number of nitrogens with one attached hydrogen (secondary N) is 1. The molecular formula is C21H19ClF3N5O2S. The maximum Gasteiger partial charge on any atom is 0.404 e. The number of aromatic nitrogens is 3. The molecule has 0 bridgehead atoms. The molecule has 1 N–H and O–H groups in total. The second-order valence-corrected chi connectivity index (χ2v) is 9.97. The second-order valence-electron chi connectivity index (χ2n) is 7.82. The average molecular weight is 498 g/mol. The summed E-state index contributed by atoms with van der Waals surface area (Å²) >= 11 is 6.09. The highest BCUT2D eigenvalue weighted by Gasteiger charge is 2.41. The second kappa shape index (κ2) is 8.59. The van der Waals surface area contributed by atoms with Gasteiger partial charge in [0.2, 0.25) is 10.0 Å². The lowest BCUT2D eigenvalue weighted by Crippen LogP contribution is -2.44. The molecule has 3 heterocycles. The van der Waals surface area contributed by atoms with E-state index >= 15 is 0 Å². The molecule has 1 fully saturated rings. The Morgan fingerprint density at radius 3 is 2.55 bits per heavy atom. The Labute approximate surface area is 193 Å². The van der Waals surface area contributed by atoms with Crippen LogP contribution in [0.1, 0.15) is 44.2 Å². The van der Waals surface area contributed by atoms with Crippen LogP contribution in [0.15, 0.2) is 35.5 Å². The lowest BCUT2D eigenvalue weighted by atomic mass is 9.92. The van der Waals surface area contributed by atoms with E-state index in [-0.39, 0.29) is 6.04 Å². The van der Waals surface area contributed by atoms with E-state index in [9.17, 15) is 26.9 Å². The number of nitriles is 1. The molecule has 0 aromatic carbocycles. The van der Waals surface area contributed by atoms with E-state index in [0.29, 0.717) is 33.0 Å². The van der Waals surface area contributed by atoms with E-state index in [1.807, 2.05) is 4.57 Å². The van der Waals surface area contributed by atoms with Gasteiger partial charge in [-0.15, -0.1) is 0 Å². The van der Waals surface area contributed by atoms with Crippen LogP contribution in [0.2, 0.25) is 5.02 Å². The predicted molar refractivity (Wildman–Crippen MR) is 116 cm³/mol. The molecule has 0 spiro atoms. The molecule has 0 aliphatic heterocycles. The summed E-state index contributed by atoms with van der Waals surface area (Å²) in [5, 5.41) is 10.8. The van der Waals surface area contributed by atoms with Crippen LogP contribution in [0.5, 0.6) is 0 Å². The number of rotatable bonds is 6. The summed E-state index contributed by atoms with van der Waals surface area (Å²) in [7, 11) is -4.45. The van der Waals surface area contributed by atoms with Gasteiger partial charge in [-0.3, -0.25) is 4.98 Å². The number of halogens is 4. The van der Waals surface area contributed by atoms with Crippen molar-refractivity contribution in [3.05, 3.63) is 41.2 Å². The number of pyridine rings is 2. The first-order valence-electron chi connectivity index (χ1n) is 10.2. The van der Waals surface area contributed by atoms with Gasteiger partial charge in [0, 0.05) is 23.8 Å². The van der Waals surface area contributed by atoms with Crippen LogP contribution in [0.3, 0.4) is 0 Å². The molecule has 0 amide bonds. The summed E-state index contributed by atoms with van der Waals surface area (Å²) in [6.07, 6.45) is 0.115. The highest BCUT2D eigenvalue weighted by Crippen LogP contribution is 2.42. The van der Waals surface area contributed by atoms with Crippen LogP contribution in [0.4, 0.5) is 13.2 Å². The zero-order chi connectivity index (χ0) is 24.0. The third-order valence-electron chi connectivity index (χ3n) is 5.75. The Hall–Kier alpha value is -2.68. The molecule has 1 atom stereocenters. The molecule has 0 radical (unpaired) electrons. The first-order valence-corrected chi connectivity index (χ1v) is 12.1. The van der Waals surface area contributed by atoms with Crippen LogP contribution in [0, 0.1) is 11.3 Å². The zero-order valence-corrected chi connectivity index (χ0v) is 19.0. The van der Waals surface area contributed by atoms with E-state index in [4.69, 9.17) is 11.6 Å². The minimum atomic E-state index is -4.71. The molecule has 1 aliphatic rings. The van der Waals surface area contributed by atoms with Crippen molar-refractivity contribution < 1.29 is 21.6 Å². The molecule has 4 rings (SSSR count). The minimum absolute atomic E-state index is 0.0993. The minimum Gasteiger partial charge on any atom is -0.320 e. The molecule has 3 aromatic heterocycles. The largest absolute Gasteiger partial charge is 0.404 e. The molecule has 3 aromatic rings. The molecule has 12 heteroatoms. The first kappa shape index (κ1) is 23.5. The van der Waals surface area contributed by atoms with Gasteiger partial charge in [0.15, 0.2) is 0 Å².